The number of anilines is 2. The number of aromatic nitrogens is 2. The summed E-state index contributed by atoms with van der Waals surface area (Å²) in [6, 6.07) is 19.7. The van der Waals surface area contributed by atoms with Gasteiger partial charge in [-0.2, -0.15) is 0 Å². The first-order chi connectivity index (χ1) is 22.1. The van der Waals surface area contributed by atoms with E-state index in [1.165, 1.54) is 17.4 Å². The van der Waals surface area contributed by atoms with Crippen molar-refractivity contribution in [3.63, 3.8) is 0 Å². The Morgan fingerprint density at radius 1 is 1.00 bits per heavy atom. The van der Waals surface area contributed by atoms with Crippen LogP contribution in [0.25, 0.3) is 17.0 Å². The molecule has 0 saturated heterocycles. The number of halogens is 2. The lowest BCUT2D eigenvalue weighted by Crippen LogP contribution is -2.37. The molecule has 5 aromatic rings. The first-order valence-electron chi connectivity index (χ1n) is 14.1. The van der Waals surface area contributed by atoms with Crippen LogP contribution >= 0.6 is 23.2 Å². The highest BCUT2D eigenvalue weighted by Crippen LogP contribution is 2.35. The Labute approximate surface area is 275 Å². The summed E-state index contributed by atoms with van der Waals surface area (Å²) in [5.74, 6) is -0.549. The van der Waals surface area contributed by atoms with E-state index >= 15 is 0 Å². The summed E-state index contributed by atoms with van der Waals surface area (Å²) in [6.07, 6.45) is 4.11. The summed E-state index contributed by atoms with van der Waals surface area (Å²) >= 11 is 13.2. The van der Waals surface area contributed by atoms with Crippen LogP contribution in [0.4, 0.5) is 11.4 Å². The number of carbonyl (C=O) groups is 3. The smallest absolute Gasteiger partial charge is 0.293 e. The van der Waals surface area contributed by atoms with Crippen molar-refractivity contribution in [1.82, 2.24) is 15.3 Å². The van der Waals surface area contributed by atoms with Crippen LogP contribution in [-0.2, 0) is 16.2 Å². The highest BCUT2D eigenvalue weighted by molar-refractivity contribution is 6.38. The van der Waals surface area contributed by atoms with Gasteiger partial charge in [0.15, 0.2) is 6.39 Å². The minimum absolute atomic E-state index is 0.0539. The number of nitrogens with zero attached hydrogens (tertiary/aromatic N) is 3. The molecule has 0 aliphatic rings. The number of likely N-dealkylation sites (N-methyl/N-ethyl adjacent to an activating group) is 1. The highest BCUT2D eigenvalue weighted by Gasteiger charge is 2.19. The van der Waals surface area contributed by atoms with Gasteiger partial charge < -0.3 is 24.7 Å². The van der Waals surface area contributed by atoms with Crippen LogP contribution in [0.3, 0.4) is 0 Å². The van der Waals surface area contributed by atoms with Crippen molar-refractivity contribution in [3.8, 4) is 5.75 Å². The first-order valence-corrected chi connectivity index (χ1v) is 14.9. The Morgan fingerprint density at radius 2 is 1.78 bits per heavy atom. The maximum Gasteiger partial charge on any atom is 0.293 e. The molecular weight excluding hydrogens is 629 g/mol. The third kappa shape index (κ3) is 7.53. The first kappa shape index (κ1) is 32.2. The van der Waals surface area contributed by atoms with Gasteiger partial charge in [0.1, 0.15) is 17.9 Å². The molecule has 0 saturated carbocycles. The van der Waals surface area contributed by atoms with Crippen LogP contribution in [0.1, 0.15) is 33.1 Å². The molecule has 234 valence electrons. The topological polar surface area (TPSA) is 127 Å². The molecule has 2 aromatic heterocycles. The second-order valence-electron chi connectivity index (χ2n) is 10.3. The molecule has 0 radical (unpaired) electrons. The van der Waals surface area contributed by atoms with Gasteiger partial charge in [-0.15, -0.1) is 0 Å². The van der Waals surface area contributed by atoms with Crippen molar-refractivity contribution < 1.29 is 23.5 Å². The standard InChI is InChI=1S/C34H29Cl2N5O5/c1-20-7-11-23-5-4-6-28(32(23)39-20)45-18-25-26(35)14-15-27(31(25)36)41(3)30(43)17-37-29(42)16-10-22-8-12-24(13-9-22)40-34(44)33-21(2)38-19-46-33/h4-16,19H,17-18H2,1-3H3,(H,37,42)(H,40,44). The predicted octanol–water partition coefficient (Wildman–Crippen LogP) is 6.77. The Balaban J connectivity index is 1.16. The molecule has 2 N–H and O–H groups in total. The van der Waals surface area contributed by atoms with Gasteiger partial charge in [-0.3, -0.25) is 14.4 Å². The number of hydrogen-bond donors (Lipinski definition) is 2. The largest absolute Gasteiger partial charge is 0.487 e. The van der Waals surface area contributed by atoms with Gasteiger partial charge >= 0.3 is 0 Å². The highest BCUT2D eigenvalue weighted by atomic mass is 35.5. The number of ether oxygens (including phenoxy) is 1. The van der Waals surface area contributed by atoms with E-state index in [9.17, 15) is 14.4 Å². The molecule has 5 rings (SSSR count). The molecule has 0 aliphatic heterocycles. The molecule has 0 spiro atoms. The summed E-state index contributed by atoms with van der Waals surface area (Å²) in [7, 11) is 1.56. The predicted molar refractivity (Wildman–Crippen MR) is 178 cm³/mol. The van der Waals surface area contributed by atoms with Crippen LogP contribution in [0.2, 0.25) is 10.0 Å². The number of amides is 3. The fraction of sp³-hybridized carbons (Fsp3) is 0.147. The molecule has 2 heterocycles. The Morgan fingerprint density at radius 3 is 2.52 bits per heavy atom. The molecular formula is C34H29Cl2N5O5. The van der Waals surface area contributed by atoms with Crippen molar-refractivity contribution in [2.24, 2.45) is 0 Å². The second kappa shape index (κ2) is 14.3. The van der Waals surface area contributed by atoms with E-state index in [-0.39, 0.29) is 23.9 Å². The molecule has 0 fully saturated rings. The fourth-order valence-electron chi connectivity index (χ4n) is 4.49. The van der Waals surface area contributed by atoms with Crippen molar-refractivity contribution in [1.29, 1.82) is 0 Å². The van der Waals surface area contributed by atoms with Gasteiger partial charge in [0.2, 0.25) is 17.6 Å². The molecule has 12 heteroatoms. The number of nitrogens with one attached hydrogen (secondary N) is 2. The second-order valence-corrected chi connectivity index (χ2v) is 11.1. The van der Waals surface area contributed by atoms with E-state index in [2.05, 4.69) is 20.6 Å². The summed E-state index contributed by atoms with van der Waals surface area (Å²) in [6.45, 7) is 3.37. The monoisotopic (exact) mass is 657 g/mol. The minimum Gasteiger partial charge on any atom is -0.487 e. The maximum atomic E-state index is 13.0. The van der Waals surface area contributed by atoms with Gasteiger partial charge in [0.05, 0.1) is 22.9 Å². The van der Waals surface area contributed by atoms with Gasteiger partial charge in [-0.1, -0.05) is 53.5 Å². The van der Waals surface area contributed by atoms with E-state index < -0.39 is 17.7 Å². The molecule has 0 bridgehead atoms. The summed E-state index contributed by atoms with van der Waals surface area (Å²) in [5.41, 5.74) is 4.26. The maximum absolute atomic E-state index is 13.0. The summed E-state index contributed by atoms with van der Waals surface area (Å²) in [4.78, 5) is 47.5. The van der Waals surface area contributed by atoms with E-state index in [0.717, 1.165) is 16.6 Å². The lowest BCUT2D eigenvalue weighted by molar-refractivity contribution is -0.122. The zero-order chi connectivity index (χ0) is 32.8. The Kier molecular flexibility index (Phi) is 10.00. The number of benzene rings is 3. The van der Waals surface area contributed by atoms with Crippen LogP contribution in [-0.4, -0.2) is 41.3 Å². The van der Waals surface area contributed by atoms with Gasteiger partial charge in [0, 0.05) is 40.5 Å². The molecule has 10 nitrogen and oxygen atoms in total. The lowest BCUT2D eigenvalue weighted by Gasteiger charge is -2.21. The number of pyridine rings is 1. The molecule has 0 atom stereocenters. The zero-order valence-corrected chi connectivity index (χ0v) is 26.6. The number of carbonyl (C=O) groups excluding carboxylic acids is 3. The van der Waals surface area contributed by atoms with Gasteiger partial charge in [-0.25, -0.2) is 9.97 Å². The van der Waals surface area contributed by atoms with Crippen LogP contribution in [0.15, 0.2) is 83.6 Å². The van der Waals surface area contributed by atoms with Crippen molar-refractivity contribution in [2.75, 3.05) is 23.8 Å². The number of rotatable bonds is 10. The third-order valence-corrected chi connectivity index (χ3v) is 7.83. The van der Waals surface area contributed by atoms with E-state index in [1.54, 1.807) is 56.4 Å². The van der Waals surface area contributed by atoms with Crippen LogP contribution in [0.5, 0.6) is 5.75 Å². The Bertz CT molecular complexity index is 1960. The summed E-state index contributed by atoms with van der Waals surface area (Å²) < 4.78 is 11.2. The fourth-order valence-corrected chi connectivity index (χ4v) is 5.10. The van der Waals surface area contributed by atoms with Crippen LogP contribution in [0, 0.1) is 13.8 Å². The SMILES string of the molecule is Cc1ccc2cccc(OCc3c(Cl)ccc(N(C)C(=O)CNC(=O)C=Cc4ccc(NC(=O)c5ocnc5C)cc4)c3Cl)c2n1. The third-order valence-electron chi connectivity index (χ3n) is 7.06. The Hall–Kier alpha value is -5.19. The van der Waals surface area contributed by atoms with E-state index in [0.29, 0.717) is 39.0 Å². The quantitative estimate of drug-likeness (QED) is 0.159. The van der Waals surface area contributed by atoms with Crippen molar-refractivity contribution in [3.05, 3.63) is 118 Å². The molecule has 46 heavy (non-hydrogen) atoms. The number of oxazole rings is 1. The lowest BCUT2D eigenvalue weighted by atomic mass is 10.1. The molecule has 0 unspecified atom stereocenters. The van der Waals surface area contributed by atoms with E-state index in [4.69, 9.17) is 32.4 Å². The average Bonchev–Trinajstić information content (AvgIpc) is 3.49. The average molecular weight is 659 g/mol. The normalized spacial score (nSPS) is 11.1. The molecule has 3 aromatic carbocycles. The minimum atomic E-state index is -0.463. The summed E-state index contributed by atoms with van der Waals surface area (Å²) in [5, 5.41) is 6.89. The van der Waals surface area contributed by atoms with Gasteiger partial charge in [0.25, 0.3) is 5.91 Å². The number of fused-ring (bicyclic) bond motifs is 1. The number of para-hydroxylation sites is 1. The van der Waals surface area contributed by atoms with Gasteiger partial charge in [-0.05, 0) is 61.9 Å². The number of hydrogen-bond acceptors (Lipinski definition) is 7. The zero-order valence-electron chi connectivity index (χ0n) is 25.1. The van der Waals surface area contributed by atoms with Crippen molar-refractivity contribution in [2.45, 2.75) is 20.5 Å². The van der Waals surface area contributed by atoms with E-state index in [1.807, 2.05) is 37.3 Å². The van der Waals surface area contributed by atoms with Crippen LogP contribution < -0.4 is 20.3 Å². The van der Waals surface area contributed by atoms with Crippen molar-refractivity contribution >= 4 is 69.3 Å². The molecule has 0 aliphatic carbocycles. The number of aryl methyl sites for hydroxylation is 2. The molecule has 3 amide bonds.